The number of thiocarbonyl (C=S) groups is 1. The molecule has 34 heavy (non-hydrogen) atoms. The molecule has 0 saturated heterocycles. The Morgan fingerprint density at radius 1 is 1.06 bits per heavy atom. The van der Waals surface area contributed by atoms with E-state index in [1.165, 1.54) is 0 Å². The molecule has 0 radical (unpaired) electrons. The van der Waals surface area contributed by atoms with Crippen molar-refractivity contribution in [3.63, 3.8) is 0 Å². The highest BCUT2D eigenvalue weighted by atomic mass is 32.1. The number of methoxy groups -OCH3 is 3. The first-order valence-corrected chi connectivity index (χ1v) is 11.4. The van der Waals surface area contributed by atoms with Gasteiger partial charge in [-0.15, -0.1) is 0 Å². The molecule has 0 spiro atoms. The van der Waals surface area contributed by atoms with Crippen molar-refractivity contribution in [1.29, 1.82) is 0 Å². The first-order chi connectivity index (χ1) is 16.5. The lowest BCUT2D eigenvalue weighted by atomic mass is 10.1. The third kappa shape index (κ3) is 6.39. The molecular weight excluding hydrogens is 454 g/mol. The second-order valence-electron chi connectivity index (χ2n) is 7.75. The van der Waals surface area contributed by atoms with E-state index in [0.717, 1.165) is 17.4 Å². The smallest absolute Gasteiger partial charge is 0.253 e. The van der Waals surface area contributed by atoms with Gasteiger partial charge in [0, 0.05) is 31.3 Å². The van der Waals surface area contributed by atoms with E-state index in [4.69, 9.17) is 26.4 Å². The minimum Gasteiger partial charge on any atom is -0.497 e. The average molecular weight is 486 g/mol. The molecule has 0 atom stereocenters. The van der Waals surface area contributed by atoms with E-state index in [2.05, 4.69) is 10.3 Å². The summed E-state index contributed by atoms with van der Waals surface area (Å²) >= 11 is 5.62. The molecule has 3 rings (SSSR count). The van der Waals surface area contributed by atoms with Gasteiger partial charge >= 0.3 is 0 Å². The number of nitrogens with one attached hydrogen (secondary N) is 2. The predicted octanol–water partition coefficient (Wildman–Crippen LogP) is 2.86. The lowest BCUT2D eigenvalue weighted by molar-refractivity contribution is 0.264. The number of fused-ring (bicyclic) bond motifs is 1. The number of aliphatic hydroxyl groups excluding tert-OH is 1. The Morgan fingerprint density at radius 3 is 2.56 bits per heavy atom. The van der Waals surface area contributed by atoms with Gasteiger partial charge in [-0.2, -0.15) is 0 Å². The van der Waals surface area contributed by atoms with Gasteiger partial charge in [0.15, 0.2) is 16.6 Å². The highest BCUT2D eigenvalue weighted by molar-refractivity contribution is 7.80. The number of aliphatic hydroxyl groups is 1. The summed E-state index contributed by atoms with van der Waals surface area (Å²) in [4.78, 5) is 17.5. The third-order valence-corrected chi connectivity index (χ3v) is 5.90. The molecule has 0 fully saturated rings. The number of nitrogens with zero attached hydrogens (tertiary/aromatic N) is 1. The van der Waals surface area contributed by atoms with Gasteiger partial charge in [0.25, 0.3) is 5.56 Å². The summed E-state index contributed by atoms with van der Waals surface area (Å²) in [6.07, 6.45) is 1.27. The van der Waals surface area contributed by atoms with Crippen molar-refractivity contribution < 1.29 is 19.3 Å². The van der Waals surface area contributed by atoms with Gasteiger partial charge in [-0.3, -0.25) is 4.79 Å². The van der Waals surface area contributed by atoms with E-state index in [1.54, 1.807) is 27.4 Å². The Labute approximate surface area is 204 Å². The molecule has 0 aliphatic heterocycles. The van der Waals surface area contributed by atoms with Crippen LogP contribution in [0, 0.1) is 0 Å². The Balaban J connectivity index is 1.68. The highest BCUT2D eigenvalue weighted by Gasteiger charge is 2.14. The van der Waals surface area contributed by atoms with Crippen molar-refractivity contribution in [3.8, 4) is 17.2 Å². The minimum atomic E-state index is -0.178. The summed E-state index contributed by atoms with van der Waals surface area (Å²) in [5.74, 6) is 2.05. The van der Waals surface area contributed by atoms with Crippen molar-refractivity contribution in [1.82, 2.24) is 15.2 Å². The minimum absolute atomic E-state index is 0.0403. The normalized spacial score (nSPS) is 10.7. The van der Waals surface area contributed by atoms with Gasteiger partial charge < -0.3 is 34.5 Å². The van der Waals surface area contributed by atoms with Crippen LogP contribution in [0.5, 0.6) is 17.2 Å². The molecule has 0 aliphatic carbocycles. The Kier molecular flexibility index (Phi) is 9.12. The zero-order valence-corrected chi connectivity index (χ0v) is 20.5. The number of hydrogen-bond acceptors (Lipinski definition) is 6. The summed E-state index contributed by atoms with van der Waals surface area (Å²) < 4.78 is 15.9. The molecule has 3 aromatic rings. The quantitative estimate of drug-likeness (QED) is 0.357. The van der Waals surface area contributed by atoms with Crippen LogP contribution in [0.4, 0.5) is 0 Å². The van der Waals surface area contributed by atoms with Crippen LogP contribution in [0.2, 0.25) is 0 Å². The molecule has 0 saturated carbocycles. The maximum Gasteiger partial charge on any atom is 0.253 e. The van der Waals surface area contributed by atoms with E-state index in [0.29, 0.717) is 59.5 Å². The van der Waals surface area contributed by atoms with E-state index < -0.39 is 0 Å². The number of H-pyrrole nitrogens is 1. The number of hydrogen-bond donors (Lipinski definition) is 3. The van der Waals surface area contributed by atoms with Gasteiger partial charge in [-0.05, 0) is 66.3 Å². The number of aromatic nitrogens is 1. The van der Waals surface area contributed by atoms with Crippen LogP contribution in [0.15, 0.2) is 47.3 Å². The van der Waals surface area contributed by atoms with Crippen LogP contribution >= 0.6 is 12.2 Å². The van der Waals surface area contributed by atoms with Gasteiger partial charge in [0.2, 0.25) is 0 Å². The Hall–Kier alpha value is -3.30. The summed E-state index contributed by atoms with van der Waals surface area (Å²) in [5.41, 5.74) is 2.21. The number of rotatable bonds is 11. The molecule has 1 aromatic heterocycles. The second kappa shape index (κ2) is 12.2. The van der Waals surface area contributed by atoms with Crippen LogP contribution < -0.4 is 25.1 Å². The number of benzene rings is 2. The Morgan fingerprint density at radius 2 is 1.85 bits per heavy atom. The van der Waals surface area contributed by atoms with Crippen molar-refractivity contribution >= 4 is 28.2 Å². The standard InChI is InChI=1S/C25H31N3O5S/c1-31-20-7-6-18-14-19(24(30)27-21(18)15-20)16-28(11-4-12-29)25(34)26-10-9-17-5-8-22(32-2)23(13-17)33-3/h5-8,13-15,29H,4,9-12,16H2,1-3H3,(H,26,34)(H,27,30). The summed E-state index contributed by atoms with van der Waals surface area (Å²) in [6.45, 7) is 1.51. The molecule has 0 unspecified atom stereocenters. The molecular formula is C25H31N3O5S. The molecule has 2 aromatic carbocycles. The van der Waals surface area contributed by atoms with Crippen molar-refractivity contribution in [2.75, 3.05) is 41.0 Å². The predicted molar refractivity (Wildman–Crippen MR) is 137 cm³/mol. The monoisotopic (exact) mass is 485 g/mol. The number of ether oxygens (including phenoxy) is 3. The van der Waals surface area contributed by atoms with E-state index >= 15 is 0 Å². The molecule has 9 heteroatoms. The summed E-state index contributed by atoms with van der Waals surface area (Å²) in [5, 5.41) is 14.0. The average Bonchev–Trinajstić information content (AvgIpc) is 2.86. The molecule has 0 aliphatic rings. The summed E-state index contributed by atoms with van der Waals surface area (Å²) in [7, 11) is 4.81. The molecule has 0 amide bonds. The third-order valence-electron chi connectivity index (χ3n) is 5.50. The number of pyridine rings is 1. The SMILES string of the molecule is COc1ccc2cc(CN(CCCO)C(=S)NCCc3ccc(OC)c(OC)c3)c(=O)[nH]c2c1. The van der Waals surface area contributed by atoms with Crippen molar-refractivity contribution in [2.45, 2.75) is 19.4 Å². The first kappa shape index (κ1) is 25.3. The van der Waals surface area contributed by atoms with Gasteiger partial charge in [0.1, 0.15) is 5.75 Å². The maximum atomic E-state index is 12.7. The lowest BCUT2D eigenvalue weighted by Crippen LogP contribution is -2.41. The maximum absolute atomic E-state index is 12.7. The summed E-state index contributed by atoms with van der Waals surface area (Å²) in [6, 6.07) is 13.2. The zero-order chi connectivity index (χ0) is 24.5. The Bertz CT molecular complexity index is 1180. The van der Waals surface area contributed by atoms with Crippen LogP contribution in [-0.2, 0) is 13.0 Å². The largest absolute Gasteiger partial charge is 0.497 e. The van der Waals surface area contributed by atoms with Crippen molar-refractivity contribution in [3.05, 3.63) is 63.9 Å². The fourth-order valence-corrected chi connectivity index (χ4v) is 3.91. The fraction of sp³-hybridized carbons (Fsp3) is 0.360. The van der Waals surface area contributed by atoms with Crippen LogP contribution in [-0.4, -0.2) is 61.1 Å². The molecule has 1 heterocycles. The fourth-order valence-electron chi connectivity index (χ4n) is 3.65. The van der Waals surface area contributed by atoms with Crippen LogP contribution in [0.1, 0.15) is 17.5 Å². The molecule has 182 valence electrons. The molecule has 8 nitrogen and oxygen atoms in total. The van der Waals surface area contributed by atoms with Crippen LogP contribution in [0.25, 0.3) is 10.9 Å². The topological polar surface area (TPSA) is 96.1 Å². The van der Waals surface area contributed by atoms with Crippen LogP contribution in [0.3, 0.4) is 0 Å². The van der Waals surface area contributed by atoms with E-state index in [9.17, 15) is 9.90 Å². The van der Waals surface area contributed by atoms with Gasteiger partial charge in [-0.25, -0.2) is 0 Å². The molecule has 0 bridgehead atoms. The second-order valence-corrected chi connectivity index (χ2v) is 8.13. The molecule has 3 N–H and O–H groups in total. The number of aromatic amines is 1. The van der Waals surface area contributed by atoms with E-state index in [-0.39, 0.29) is 12.2 Å². The van der Waals surface area contributed by atoms with Gasteiger partial charge in [0.05, 0.1) is 33.4 Å². The lowest BCUT2D eigenvalue weighted by Gasteiger charge is -2.25. The zero-order valence-electron chi connectivity index (χ0n) is 19.7. The van der Waals surface area contributed by atoms with Gasteiger partial charge in [-0.1, -0.05) is 6.07 Å². The first-order valence-electron chi connectivity index (χ1n) is 11.0. The van der Waals surface area contributed by atoms with E-state index in [1.807, 2.05) is 41.3 Å². The van der Waals surface area contributed by atoms with Crippen molar-refractivity contribution in [2.24, 2.45) is 0 Å². The highest BCUT2D eigenvalue weighted by Crippen LogP contribution is 2.27.